The summed E-state index contributed by atoms with van der Waals surface area (Å²) in [6.45, 7) is 12.0. The Labute approximate surface area is 249 Å². The molecule has 1 unspecified atom stereocenters. The maximum atomic E-state index is 13.2. The predicted octanol–water partition coefficient (Wildman–Crippen LogP) is 5.75. The van der Waals surface area contributed by atoms with E-state index in [2.05, 4.69) is 50.3 Å². The Morgan fingerprint density at radius 2 is 1.85 bits per heavy atom. The monoisotopic (exact) mass is 665 g/mol. The number of benzene rings is 1. The number of aliphatic imine (C=N–C) groups is 1. The van der Waals surface area contributed by atoms with Crippen molar-refractivity contribution in [3.8, 4) is 5.75 Å². The third kappa shape index (κ3) is 8.41. The van der Waals surface area contributed by atoms with Crippen molar-refractivity contribution < 1.29 is 14.7 Å². The van der Waals surface area contributed by atoms with E-state index in [9.17, 15) is 14.7 Å². The topological polar surface area (TPSA) is 102 Å². The van der Waals surface area contributed by atoms with Gasteiger partial charge in [0.1, 0.15) is 5.75 Å². The van der Waals surface area contributed by atoms with E-state index in [0.717, 1.165) is 53.4 Å². The van der Waals surface area contributed by atoms with Crippen molar-refractivity contribution in [2.45, 2.75) is 58.4 Å². The molecule has 2 heterocycles. The highest BCUT2D eigenvalue weighted by molar-refractivity contribution is 9.12. The summed E-state index contributed by atoms with van der Waals surface area (Å²) in [7, 11) is 0. The Kier molecular flexibility index (Phi) is 12.1. The van der Waals surface area contributed by atoms with E-state index in [1.54, 1.807) is 17.2 Å². The quantitative estimate of drug-likeness (QED) is 0.311. The summed E-state index contributed by atoms with van der Waals surface area (Å²) in [6, 6.07) is 3.24. The summed E-state index contributed by atoms with van der Waals surface area (Å²) in [5.74, 6) is 0.704. The second-order valence-electron chi connectivity index (χ2n) is 10.3. The molecule has 2 aliphatic rings. The summed E-state index contributed by atoms with van der Waals surface area (Å²) < 4.78 is 1.43. The first-order valence-electron chi connectivity index (χ1n) is 13.8. The molecule has 3 N–H and O–H groups in total. The standard InChI is InChI=1S/C29H41Br2N5O3/c1-4-6-7-22-23(8-9-25(37)27(22)31)28(24(5-2)33-19-20(3)30)35-16-14-34(15-17-35)26(38)18-21-10-12-36(13-11-21)29(32)39/h5,8-9,19,21,28,37H,3-4,6-7,10-18H2,1-2H3,(H2,32,39)/b24-5-,33-19?. The number of amides is 3. The lowest BCUT2D eigenvalue weighted by Gasteiger charge is -2.41. The maximum Gasteiger partial charge on any atom is 0.314 e. The molecule has 214 valence electrons. The van der Waals surface area contributed by atoms with Gasteiger partial charge in [-0.05, 0) is 87.6 Å². The Balaban J connectivity index is 1.78. The number of likely N-dealkylation sites (tertiary alicyclic amines) is 1. The lowest BCUT2D eigenvalue weighted by molar-refractivity contribution is -0.134. The summed E-state index contributed by atoms with van der Waals surface area (Å²) in [4.78, 5) is 35.4. The average Bonchev–Trinajstić information content (AvgIpc) is 2.92. The first-order valence-corrected chi connectivity index (χ1v) is 15.4. The molecule has 2 saturated heterocycles. The minimum Gasteiger partial charge on any atom is -0.507 e. The Morgan fingerprint density at radius 3 is 2.41 bits per heavy atom. The molecule has 10 heteroatoms. The number of piperidine rings is 1. The first-order chi connectivity index (χ1) is 18.7. The van der Waals surface area contributed by atoms with Gasteiger partial charge < -0.3 is 20.6 Å². The van der Waals surface area contributed by atoms with Gasteiger partial charge in [0.15, 0.2) is 0 Å². The first kappa shape index (κ1) is 31.4. The van der Waals surface area contributed by atoms with Crippen molar-refractivity contribution in [1.29, 1.82) is 0 Å². The van der Waals surface area contributed by atoms with Gasteiger partial charge in [-0.25, -0.2) is 4.79 Å². The van der Waals surface area contributed by atoms with E-state index < -0.39 is 0 Å². The van der Waals surface area contributed by atoms with Crippen LogP contribution < -0.4 is 5.73 Å². The molecule has 39 heavy (non-hydrogen) atoms. The minimum atomic E-state index is -0.380. The average molecular weight is 667 g/mol. The molecule has 8 nitrogen and oxygen atoms in total. The van der Waals surface area contributed by atoms with Gasteiger partial charge in [0.2, 0.25) is 5.91 Å². The third-order valence-corrected chi connectivity index (χ3v) is 8.77. The SMILES string of the molecule is C=C(Br)C=N/C(=C\C)C(c1ccc(O)c(Br)c1CCCC)N1CCN(C(=O)CC2CCN(C(N)=O)CC2)CC1. The van der Waals surface area contributed by atoms with Crippen molar-refractivity contribution in [1.82, 2.24) is 14.7 Å². The van der Waals surface area contributed by atoms with Gasteiger partial charge in [-0.15, -0.1) is 0 Å². The molecule has 1 aromatic rings. The number of allylic oxidation sites excluding steroid dienone is 2. The Bertz CT molecular complexity index is 1090. The number of phenols is 1. The van der Waals surface area contributed by atoms with Crippen LogP contribution >= 0.6 is 31.9 Å². The maximum absolute atomic E-state index is 13.2. The predicted molar refractivity (Wildman–Crippen MR) is 164 cm³/mol. The Morgan fingerprint density at radius 1 is 1.18 bits per heavy atom. The number of urea groups is 1. The zero-order valence-corrected chi connectivity index (χ0v) is 26.2. The van der Waals surface area contributed by atoms with Crippen LogP contribution in [0.4, 0.5) is 4.79 Å². The van der Waals surface area contributed by atoms with E-state index >= 15 is 0 Å². The summed E-state index contributed by atoms with van der Waals surface area (Å²) in [5, 5.41) is 10.5. The van der Waals surface area contributed by atoms with E-state index in [1.165, 1.54) is 0 Å². The second kappa shape index (κ2) is 15.0. The molecule has 0 aliphatic carbocycles. The van der Waals surface area contributed by atoms with Crippen LogP contribution in [-0.2, 0) is 11.2 Å². The number of primary amides is 1. The number of halogens is 2. The van der Waals surface area contributed by atoms with Crippen LogP contribution in [0.25, 0.3) is 0 Å². The molecule has 0 bridgehead atoms. The van der Waals surface area contributed by atoms with Gasteiger partial charge in [0, 0.05) is 56.4 Å². The molecular weight excluding hydrogens is 626 g/mol. The minimum absolute atomic E-state index is 0.128. The molecule has 0 spiro atoms. The molecule has 1 aromatic carbocycles. The van der Waals surface area contributed by atoms with Gasteiger partial charge in [-0.3, -0.25) is 14.7 Å². The van der Waals surface area contributed by atoms with Crippen molar-refractivity contribution in [3.05, 3.63) is 50.6 Å². The van der Waals surface area contributed by atoms with Crippen molar-refractivity contribution >= 4 is 50.0 Å². The van der Waals surface area contributed by atoms with Crippen molar-refractivity contribution in [2.24, 2.45) is 16.6 Å². The van der Waals surface area contributed by atoms with Crippen LogP contribution in [0.15, 0.2) is 44.4 Å². The fourth-order valence-electron chi connectivity index (χ4n) is 5.44. The number of carbonyl (C=O) groups is 2. The molecule has 0 saturated carbocycles. The van der Waals surface area contributed by atoms with Gasteiger partial charge in [-0.1, -0.05) is 32.1 Å². The molecular formula is C29H41Br2N5O3. The number of rotatable bonds is 10. The zero-order valence-electron chi connectivity index (χ0n) is 23.0. The molecule has 2 aliphatic heterocycles. The molecule has 0 radical (unpaired) electrons. The number of nitrogens with two attached hydrogens (primary N) is 1. The third-order valence-electron chi connectivity index (χ3n) is 7.69. The highest BCUT2D eigenvalue weighted by Gasteiger charge is 2.32. The fraction of sp³-hybridized carbons (Fsp3) is 0.552. The van der Waals surface area contributed by atoms with E-state index in [0.29, 0.717) is 50.2 Å². The van der Waals surface area contributed by atoms with E-state index in [1.807, 2.05) is 24.0 Å². The van der Waals surface area contributed by atoms with Gasteiger partial charge in [-0.2, -0.15) is 0 Å². The molecule has 0 aromatic heterocycles. The number of hydrogen-bond donors (Lipinski definition) is 2. The van der Waals surface area contributed by atoms with Crippen LogP contribution in [0, 0.1) is 5.92 Å². The number of piperazine rings is 1. The van der Waals surface area contributed by atoms with Gasteiger partial charge >= 0.3 is 6.03 Å². The van der Waals surface area contributed by atoms with Gasteiger partial charge in [0.25, 0.3) is 0 Å². The van der Waals surface area contributed by atoms with Crippen LogP contribution in [0.5, 0.6) is 5.75 Å². The fourth-order valence-corrected chi connectivity index (χ4v) is 6.10. The number of phenolic OH excluding ortho intramolecular Hbond substituents is 1. The van der Waals surface area contributed by atoms with Crippen LogP contribution in [0.1, 0.15) is 63.1 Å². The zero-order chi connectivity index (χ0) is 28.5. The second-order valence-corrected chi connectivity index (χ2v) is 12.1. The summed E-state index contributed by atoms with van der Waals surface area (Å²) >= 11 is 7.03. The normalized spacial score (nSPS) is 18.5. The highest BCUT2D eigenvalue weighted by Crippen LogP contribution is 2.39. The summed E-state index contributed by atoms with van der Waals surface area (Å²) in [5.41, 5.74) is 8.50. The Hall–Kier alpha value is -2.17. The molecule has 3 rings (SSSR count). The van der Waals surface area contributed by atoms with Crippen LogP contribution in [-0.4, -0.2) is 77.2 Å². The van der Waals surface area contributed by atoms with Crippen LogP contribution in [0.2, 0.25) is 0 Å². The highest BCUT2D eigenvalue weighted by atomic mass is 79.9. The molecule has 3 amide bonds. The van der Waals surface area contributed by atoms with Crippen molar-refractivity contribution in [2.75, 3.05) is 39.3 Å². The van der Waals surface area contributed by atoms with Crippen LogP contribution in [0.3, 0.4) is 0 Å². The molecule has 1 atom stereocenters. The van der Waals surface area contributed by atoms with E-state index in [-0.39, 0.29) is 29.6 Å². The number of unbranched alkanes of at least 4 members (excludes halogenated alkanes) is 1. The molecule has 2 fully saturated rings. The van der Waals surface area contributed by atoms with Crippen molar-refractivity contribution in [3.63, 3.8) is 0 Å². The number of aromatic hydroxyl groups is 1. The lowest BCUT2D eigenvalue weighted by Crippen LogP contribution is -2.50. The number of nitrogens with zero attached hydrogens (tertiary/aromatic N) is 4. The van der Waals surface area contributed by atoms with E-state index in [4.69, 9.17) is 10.7 Å². The summed E-state index contributed by atoms with van der Waals surface area (Å²) in [6.07, 6.45) is 8.78. The largest absolute Gasteiger partial charge is 0.507 e. The van der Waals surface area contributed by atoms with Gasteiger partial charge in [0.05, 0.1) is 16.2 Å². The lowest BCUT2D eigenvalue weighted by atomic mass is 9.92. The smallest absolute Gasteiger partial charge is 0.314 e. The number of hydrogen-bond acceptors (Lipinski definition) is 5. The number of carbonyl (C=O) groups excluding carboxylic acids is 2.